The van der Waals surface area contributed by atoms with Crippen LogP contribution in [0.2, 0.25) is 0 Å². The fraction of sp³-hybridized carbons (Fsp3) is 1.00. The van der Waals surface area contributed by atoms with E-state index in [0.717, 1.165) is 25.9 Å². The van der Waals surface area contributed by atoms with E-state index in [4.69, 9.17) is 4.89 Å². The first-order valence-electron chi connectivity index (χ1n) is 6.60. The van der Waals surface area contributed by atoms with Crippen molar-refractivity contribution in [3.8, 4) is 0 Å². The summed E-state index contributed by atoms with van der Waals surface area (Å²) in [6, 6.07) is 0. The molecule has 113 valence electrons. The van der Waals surface area contributed by atoms with Crippen LogP contribution in [0, 0.1) is 0 Å². The van der Waals surface area contributed by atoms with E-state index < -0.39 is 15.2 Å². The Morgan fingerprint density at radius 3 is 1.57 bits per heavy atom. The van der Waals surface area contributed by atoms with Gasteiger partial charge in [-0.05, 0) is 6.42 Å². The molecule has 2 atom stereocenters. The third-order valence-electron chi connectivity index (χ3n) is 2.57. The van der Waals surface area contributed by atoms with E-state index in [9.17, 15) is 14.0 Å². The Bertz CT molecular complexity index is 312. The Kier molecular flexibility index (Phi) is 27.7. The van der Waals surface area contributed by atoms with Crippen molar-refractivity contribution in [1.82, 2.24) is 0 Å². The number of unbranched alkanes of at least 4 members (excludes halogenated alkanes) is 7. The van der Waals surface area contributed by atoms with Crippen LogP contribution in [0.4, 0.5) is 0 Å². The van der Waals surface area contributed by atoms with Crippen LogP contribution in [0.3, 0.4) is 0 Å². The predicted molar refractivity (Wildman–Crippen MR) is 91.4 cm³/mol. The maximum Gasteiger partial charge on any atom is 0.335 e. The summed E-state index contributed by atoms with van der Waals surface area (Å²) in [6.07, 6.45) is 8.51. The maximum atomic E-state index is 11.4. The molecule has 3 radical (unpaired) electrons. The molecule has 0 aromatic heterocycles. The Balaban J connectivity index is -0.000000482. The zero-order valence-electron chi connectivity index (χ0n) is 14.4. The van der Waals surface area contributed by atoms with E-state index in [-0.39, 0.29) is 94.8 Å². The second kappa shape index (κ2) is 18.1. The summed E-state index contributed by atoms with van der Waals surface area (Å²) >= 11 is 0. The van der Waals surface area contributed by atoms with Gasteiger partial charge in [0.2, 0.25) is 0 Å². The van der Waals surface area contributed by atoms with Crippen LogP contribution >= 0.6 is 15.2 Å². The van der Waals surface area contributed by atoms with Crippen LogP contribution < -0.4 is 0 Å². The van der Waals surface area contributed by atoms with Gasteiger partial charge in [-0.25, -0.2) is 4.31 Å². The minimum Gasteiger partial charge on any atom is -0.324 e. The molecule has 10 heteroatoms. The van der Waals surface area contributed by atoms with Gasteiger partial charge in [-0.3, -0.25) is 9.13 Å². The standard InChI is InChI=1S/C11H26O5P2.3Na/c1-3-4-5-6-7-8-9-10-11-18(14,15)16-17(2,12)13;;;/h3-11H2,1-2H3,(H,12,13)(H,14,15);;;. The van der Waals surface area contributed by atoms with Gasteiger partial charge in [-0.1, -0.05) is 51.9 Å². The van der Waals surface area contributed by atoms with Crippen LogP contribution in [0.25, 0.3) is 0 Å². The third kappa shape index (κ3) is 25.7. The molecule has 0 aliphatic heterocycles. The molecule has 0 saturated carbocycles. The minimum absolute atomic E-state index is 0. The fourth-order valence-electron chi connectivity index (χ4n) is 1.72. The van der Waals surface area contributed by atoms with Crippen molar-refractivity contribution in [1.29, 1.82) is 0 Å². The molecule has 0 spiro atoms. The molecule has 0 rings (SSSR count). The van der Waals surface area contributed by atoms with Crippen molar-refractivity contribution >= 4 is 104 Å². The van der Waals surface area contributed by atoms with Crippen LogP contribution in [-0.2, 0) is 13.4 Å². The summed E-state index contributed by atoms with van der Waals surface area (Å²) in [5.41, 5.74) is 0. The zero-order chi connectivity index (χ0) is 14.1. The molecular weight excluding hydrogens is 343 g/mol. The van der Waals surface area contributed by atoms with E-state index in [1.54, 1.807) is 0 Å². The summed E-state index contributed by atoms with van der Waals surface area (Å²) < 4.78 is 26.6. The molecule has 2 N–H and O–H groups in total. The van der Waals surface area contributed by atoms with Gasteiger partial charge >= 0.3 is 15.2 Å². The van der Waals surface area contributed by atoms with Crippen LogP contribution in [0.5, 0.6) is 0 Å². The molecule has 0 bridgehead atoms. The van der Waals surface area contributed by atoms with Crippen molar-refractivity contribution in [2.75, 3.05) is 12.8 Å². The first-order chi connectivity index (χ1) is 8.27. The SMILES string of the molecule is CCCCCCCCCCP(=O)(O)OP(C)(=O)O.[Na].[Na].[Na]. The average molecular weight is 369 g/mol. The van der Waals surface area contributed by atoms with Gasteiger partial charge in [-0.2, -0.15) is 0 Å². The molecule has 0 amide bonds. The van der Waals surface area contributed by atoms with Crippen molar-refractivity contribution in [3.05, 3.63) is 0 Å². The Hall–Kier alpha value is 3.34. The largest absolute Gasteiger partial charge is 0.335 e. The smallest absolute Gasteiger partial charge is 0.324 e. The molecule has 0 aromatic carbocycles. The van der Waals surface area contributed by atoms with Crippen LogP contribution in [0.1, 0.15) is 58.3 Å². The van der Waals surface area contributed by atoms with Crippen molar-refractivity contribution in [2.24, 2.45) is 0 Å². The summed E-state index contributed by atoms with van der Waals surface area (Å²) in [4.78, 5) is 18.2. The number of hydrogen-bond acceptors (Lipinski definition) is 3. The third-order valence-corrected chi connectivity index (χ3v) is 5.69. The van der Waals surface area contributed by atoms with Crippen LogP contribution in [0.15, 0.2) is 0 Å². The first kappa shape index (κ1) is 32.0. The Morgan fingerprint density at radius 1 is 0.810 bits per heavy atom. The average Bonchev–Trinajstić information content (AvgIpc) is 2.18. The summed E-state index contributed by atoms with van der Waals surface area (Å²) in [6.45, 7) is 3.09. The first-order valence-corrected chi connectivity index (χ1v) is 10.4. The Morgan fingerprint density at radius 2 is 1.19 bits per heavy atom. The van der Waals surface area contributed by atoms with E-state index in [1.807, 2.05) is 0 Å². The second-order valence-corrected chi connectivity index (χ2v) is 8.70. The molecule has 0 heterocycles. The molecule has 0 saturated heterocycles. The van der Waals surface area contributed by atoms with Gasteiger partial charge in [0.15, 0.2) is 0 Å². The summed E-state index contributed by atoms with van der Waals surface area (Å²) in [7, 11) is -7.77. The number of rotatable bonds is 11. The molecule has 21 heavy (non-hydrogen) atoms. The van der Waals surface area contributed by atoms with Gasteiger partial charge in [0, 0.05) is 95.3 Å². The van der Waals surface area contributed by atoms with Gasteiger partial charge in [0.1, 0.15) is 0 Å². The molecule has 0 aliphatic rings. The van der Waals surface area contributed by atoms with Crippen molar-refractivity contribution in [2.45, 2.75) is 58.3 Å². The fourth-order valence-corrected chi connectivity index (χ4v) is 4.57. The van der Waals surface area contributed by atoms with Crippen LogP contribution in [-0.4, -0.2) is 111 Å². The molecule has 0 aliphatic carbocycles. The summed E-state index contributed by atoms with van der Waals surface area (Å²) in [5, 5.41) is 0. The number of hydrogen-bond donors (Lipinski definition) is 2. The molecule has 0 fully saturated rings. The topological polar surface area (TPSA) is 83.8 Å². The minimum atomic E-state index is -3.89. The van der Waals surface area contributed by atoms with Gasteiger partial charge in [0.05, 0.1) is 6.16 Å². The van der Waals surface area contributed by atoms with Crippen molar-refractivity contribution in [3.63, 3.8) is 0 Å². The second-order valence-electron chi connectivity index (χ2n) is 4.72. The summed E-state index contributed by atoms with van der Waals surface area (Å²) in [5.74, 6) is 0. The van der Waals surface area contributed by atoms with E-state index >= 15 is 0 Å². The van der Waals surface area contributed by atoms with Gasteiger partial charge < -0.3 is 9.79 Å². The van der Waals surface area contributed by atoms with Gasteiger partial charge in [-0.15, -0.1) is 0 Å². The monoisotopic (exact) mass is 369 g/mol. The van der Waals surface area contributed by atoms with Crippen molar-refractivity contribution < 1.29 is 23.2 Å². The predicted octanol–water partition coefficient (Wildman–Crippen LogP) is 3.00. The maximum absolute atomic E-state index is 11.4. The Labute approximate surface area is 195 Å². The van der Waals surface area contributed by atoms with Gasteiger partial charge in [0.25, 0.3) is 0 Å². The normalized spacial score (nSPS) is 15.6. The zero-order valence-corrected chi connectivity index (χ0v) is 22.2. The molecule has 0 aromatic rings. The quantitative estimate of drug-likeness (QED) is 0.332. The molecular formula is C11H26Na3O5P2. The molecule has 5 nitrogen and oxygen atoms in total. The van der Waals surface area contributed by atoms with E-state index in [1.165, 1.54) is 25.7 Å². The molecule has 2 unspecified atom stereocenters. The van der Waals surface area contributed by atoms with E-state index in [0.29, 0.717) is 6.42 Å². The van der Waals surface area contributed by atoms with E-state index in [2.05, 4.69) is 11.2 Å².